The van der Waals surface area contributed by atoms with Gasteiger partial charge in [-0.25, -0.2) is 9.67 Å². The monoisotopic (exact) mass is 274 g/mol. The summed E-state index contributed by atoms with van der Waals surface area (Å²) >= 11 is 1.45. The summed E-state index contributed by atoms with van der Waals surface area (Å²) in [5.74, 6) is -0.205. The van der Waals surface area contributed by atoms with Crippen LogP contribution in [0.2, 0.25) is 0 Å². The molecule has 3 rings (SSSR count). The van der Waals surface area contributed by atoms with Crippen LogP contribution in [0.25, 0.3) is 10.2 Å². The SMILES string of the molecule is Cc1cccc2sc(NC(=O)Cn3cnnn3)nc12. The highest BCUT2D eigenvalue weighted by Gasteiger charge is 2.09. The number of rotatable bonds is 3. The Kier molecular flexibility index (Phi) is 2.92. The predicted molar refractivity (Wildman–Crippen MR) is 70.8 cm³/mol. The van der Waals surface area contributed by atoms with Crippen molar-refractivity contribution in [2.45, 2.75) is 13.5 Å². The lowest BCUT2D eigenvalue weighted by Gasteiger charge is -1.99. The Balaban J connectivity index is 1.78. The molecule has 1 aromatic carbocycles. The third-order valence-electron chi connectivity index (χ3n) is 2.56. The van der Waals surface area contributed by atoms with Crippen LogP contribution in [0.3, 0.4) is 0 Å². The molecule has 0 unspecified atom stereocenters. The van der Waals surface area contributed by atoms with Crippen molar-refractivity contribution in [1.29, 1.82) is 0 Å². The topological polar surface area (TPSA) is 85.6 Å². The predicted octanol–water partition coefficient (Wildman–Crippen LogP) is 1.23. The van der Waals surface area contributed by atoms with E-state index in [9.17, 15) is 4.79 Å². The number of hydrogen-bond donors (Lipinski definition) is 1. The molecule has 0 saturated carbocycles. The number of benzene rings is 1. The van der Waals surface area contributed by atoms with E-state index in [4.69, 9.17) is 0 Å². The number of nitrogens with one attached hydrogen (secondary N) is 1. The molecule has 2 aromatic heterocycles. The lowest BCUT2D eigenvalue weighted by molar-refractivity contribution is -0.116. The fourth-order valence-electron chi connectivity index (χ4n) is 1.70. The van der Waals surface area contributed by atoms with Crippen molar-refractivity contribution in [2.24, 2.45) is 0 Å². The largest absolute Gasteiger partial charge is 0.300 e. The van der Waals surface area contributed by atoms with Gasteiger partial charge < -0.3 is 5.32 Å². The zero-order chi connectivity index (χ0) is 13.2. The summed E-state index contributed by atoms with van der Waals surface area (Å²) in [6, 6.07) is 5.95. The van der Waals surface area contributed by atoms with Gasteiger partial charge in [0, 0.05) is 0 Å². The van der Waals surface area contributed by atoms with E-state index in [2.05, 4.69) is 25.8 Å². The van der Waals surface area contributed by atoms with E-state index in [1.807, 2.05) is 25.1 Å². The lowest BCUT2D eigenvalue weighted by atomic mass is 10.2. The molecular weight excluding hydrogens is 264 g/mol. The van der Waals surface area contributed by atoms with Crippen LogP contribution in [0.5, 0.6) is 0 Å². The van der Waals surface area contributed by atoms with E-state index in [0.29, 0.717) is 5.13 Å². The average Bonchev–Trinajstić information content (AvgIpc) is 2.98. The van der Waals surface area contributed by atoms with E-state index in [0.717, 1.165) is 15.8 Å². The Morgan fingerprint density at radius 1 is 1.47 bits per heavy atom. The molecule has 0 atom stereocenters. The van der Waals surface area contributed by atoms with Gasteiger partial charge in [0.25, 0.3) is 0 Å². The maximum atomic E-state index is 11.8. The maximum absolute atomic E-state index is 11.8. The van der Waals surface area contributed by atoms with Crippen LogP contribution in [0.15, 0.2) is 24.5 Å². The molecule has 0 saturated heterocycles. The van der Waals surface area contributed by atoms with Crippen molar-refractivity contribution in [1.82, 2.24) is 25.2 Å². The van der Waals surface area contributed by atoms with Crippen molar-refractivity contribution < 1.29 is 4.79 Å². The number of thiazole rings is 1. The van der Waals surface area contributed by atoms with Crippen LogP contribution in [0.4, 0.5) is 5.13 Å². The highest BCUT2D eigenvalue weighted by molar-refractivity contribution is 7.22. The number of aryl methyl sites for hydroxylation is 1. The molecule has 3 aromatic rings. The molecule has 1 N–H and O–H groups in total. The number of anilines is 1. The molecule has 19 heavy (non-hydrogen) atoms. The molecule has 96 valence electrons. The van der Waals surface area contributed by atoms with Gasteiger partial charge in [0.15, 0.2) is 5.13 Å². The molecule has 0 fully saturated rings. The summed E-state index contributed by atoms with van der Waals surface area (Å²) in [5, 5.41) is 13.9. The van der Waals surface area contributed by atoms with Gasteiger partial charge in [-0.2, -0.15) is 0 Å². The Morgan fingerprint density at radius 3 is 3.11 bits per heavy atom. The fourth-order valence-corrected chi connectivity index (χ4v) is 2.66. The van der Waals surface area contributed by atoms with E-state index >= 15 is 0 Å². The highest BCUT2D eigenvalue weighted by Crippen LogP contribution is 2.27. The summed E-state index contributed by atoms with van der Waals surface area (Å²) in [6.07, 6.45) is 1.39. The summed E-state index contributed by atoms with van der Waals surface area (Å²) in [6.45, 7) is 2.07. The molecule has 8 heteroatoms. The molecule has 0 bridgehead atoms. The summed E-state index contributed by atoms with van der Waals surface area (Å²) in [5.41, 5.74) is 2.01. The van der Waals surface area contributed by atoms with Crippen molar-refractivity contribution >= 4 is 32.6 Å². The van der Waals surface area contributed by atoms with Gasteiger partial charge in [-0.05, 0) is 29.0 Å². The Morgan fingerprint density at radius 2 is 2.37 bits per heavy atom. The first kappa shape index (κ1) is 11.7. The summed E-state index contributed by atoms with van der Waals surface area (Å²) in [4.78, 5) is 16.2. The minimum absolute atomic E-state index is 0.0713. The standard InChI is InChI=1S/C11H10N6OS/c1-7-3-2-4-8-10(7)14-11(19-8)13-9(18)5-17-6-12-15-16-17/h2-4,6H,5H2,1H3,(H,13,14,18). The smallest absolute Gasteiger partial charge is 0.248 e. The minimum Gasteiger partial charge on any atom is -0.300 e. The van der Waals surface area contributed by atoms with E-state index in [-0.39, 0.29) is 12.5 Å². The van der Waals surface area contributed by atoms with Gasteiger partial charge in [0.1, 0.15) is 12.9 Å². The van der Waals surface area contributed by atoms with E-state index in [1.54, 1.807) is 0 Å². The highest BCUT2D eigenvalue weighted by atomic mass is 32.1. The van der Waals surface area contributed by atoms with Gasteiger partial charge in [0.05, 0.1) is 10.2 Å². The lowest BCUT2D eigenvalue weighted by Crippen LogP contribution is -2.19. The number of tetrazole rings is 1. The summed E-state index contributed by atoms with van der Waals surface area (Å²) < 4.78 is 2.41. The number of fused-ring (bicyclic) bond motifs is 1. The Bertz CT molecular complexity index is 720. The second kappa shape index (κ2) is 4.73. The molecular formula is C11H10N6OS. The van der Waals surface area contributed by atoms with Gasteiger partial charge in [0.2, 0.25) is 5.91 Å². The van der Waals surface area contributed by atoms with Crippen LogP contribution < -0.4 is 5.32 Å². The first-order valence-electron chi connectivity index (χ1n) is 5.59. The summed E-state index contributed by atoms with van der Waals surface area (Å²) in [7, 11) is 0. The number of carbonyl (C=O) groups excluding carboxylic acids is 1. The molecule has 0 aliphatic carbocycles. The van der Waals surface area contributed by atoms with Crippen LogP contribution in [0, 0.1) is 6.92 Å². The number of aromatic nitrogens is 5. The normalized spacial score (nSPS) is 10.8. The molecule has 2 heterocycles. The second-order valence-electron chi connectivity index (χ2n) is 4.00. The number of carbonyl (C=O) groups is 1. The van der Waals surface area contributed by atoms with Crippen molar-refractivity contribution in [3.63, 3.8) is 0 Å². The molecule has 0 radical (unpaired) electrons. The first-order chi connectivity index (χ1) is 9.22. The van der Waals surface area contributed by atoms with Crippen molar-refractivity contribution in [3.8, 4) is 0 Å². The number of nitrogens with zero attached hydrogens (tertiary/aromatic N) is 5. The number of hydrogen-bond acceptors (Lipinski definition) is 6. The van der Waals surface area contributed by atoms with E-state index < -0.39 is 0 Å². The first-order valence-corrected chi connectivity index (χ1v) is 6.41. The molecule has 0 spiro atoms. The number of para-hydroxylation sites is 1. The van der Waals surface area contributed by atoms with Gasteiger partial charge in [-0.3, -0.25) is 4.79 Å². The van der Waals surface area contributed by atoms with Crippen LogP contribution in [0.1, 0.15) is 5.56 Å². The van der Waals surface area contributed by atoms with Gasteiger partial charge in [-0.1, -0.05) is 23.5 Å². The average molecular weight is 274 g/mol. The Labute approximate surface area is 112 Å². The molecule has 0 aliphatic heterocycles. The van der Waals surface area contributed by atoms with Crippen LogP contribution >= 0.6 is 11.3 Å². The minimum atomic E-state index is -0.205. The fraction of sp³-hybridized carbons (Fsp3) is 0.182. The quantitative estimate of drug-likeness (QED) is 0.776. The zero-order valence-electron chi connectivity index (χ0n) is 10.1. The van der Waals surface area contributed by atoms with Crippen molar-refractivity contribution in [2.75, 3.05) is 5.32 Å². The Hall–Kier alpha value is -2.35. The molecule has 1 amide bonds. The third-order valence-corrected chi connectivity index (χ3v) is 3.50. The third kappa shape index (κ3) is 2.43. The molecule has 7 nitrogen and oxygen atoms in total. The van der Waals surface area contributed by atoms with Crippen LogP contribution in [-0.2, 0) is 11.3 Å². The van der Waals surface area contributed by atoms with E-state index in [1.165, 1.54) is 22.3 Å². The van der Waals surface area contributed by atoms with Crippen molar-refractivity contribution in [3.05, 3.63) is 30.1 Å². The molecule has 0 aliphatic rings. The second-order valence-corrected chi connectivity index (χ2v) is 5.03. The van der Waals surface area contributed by atoms with Crippen LogP contribution in [-0.4, -0.2) is 31.1 Å². The zero-order valence-corrected chi connectivity index (χ0v) is 10.9. The van der Waals surface area contributed by atoms with Gasteiger partial charge in [-0.15, -0.1) is 5.10 Å². The maximum Gasteiger partial charge on any atom is 0.248 e. The van der Waals surface area contributed by atoms with Gasteiger partial charge >= 0.3 is 0 Å². The number of amides is 1.